The van der Waals surface area contributed by atoms with Crippen LogP contribution in [0.15, 0.2) is 23.2 Å². The average Bonchev–Trinajstić information content (AvgIpc) is 2.46. The molecule has 1 heterocycles. The molecule has 4 N–H and O–H groups in total. The van der Waals surface area contributed by atoms with Crippen LogP contribution >= 0.6 is 37.2 Å². The van der Waals surface area contributed by atoms with Gasteiger partial charge >= 0.3 is 0 Å². The topological polar surface area (TPSA) is 71.7 Å². The molecule has 0 saturated carbocycles. The number of nitrogens with one attached hydrogen (secondary N) is 2. The summed E-state index contributed by atoms with van der Waals surface area (Å²) in [6, 6.07) is 6.56. The molecule has 0 saturated heterocycles. The number of amidine groups is 1. The molecule has 2 rings (SSSR count). The van der Waals surface area contributed by atoms with Gasteiger partial charge in [-0.3, -0.25) is 10.6 Å². The average molecular weight is 414 g/mol. The maximum atomic E-state index is 5.86. The second-order valence-corrected chi connectivity index (χ2v) is 6.14. The summed E-state index contributed by atoms with van der Waals surface area (Å²) in [6.45, 7) is 9.23. The second kappa shape index (κ2) is 12.6. The highest BCUT2D eigenvalue weighted by molar-refractivity contribution is 5.89. The minimum Gasteiger partial charge on any atom is -0.481 e. The van der Waals surface area contributed by atoms with Gasteiger partial charge in [-0.05, 0) is 44.9 Å². The lowest BCUT2D eigenvalue weighted by molar-refractivity contribution is 0.281. The van der Waals surface area contributed by atoms with Gasteiger partial charge in [-0.1, -0.05) is 19.4 Å². The third-order valence-electron chi connectivity index (χ3n) is 3.66. The van der Waals surface area contributed by atoms with Crippen molar-refractivity contribution in [1.29, 1.82) is 0 Å². The van der Waals surface area contributed by atoms with E-state index in [2.05, 4.69) is 42.5 Å². The van der Waals surface area contributed by atoms with Gasteiger partial charge < -0.3 is 10.5 Å². The molecule has 5 nitrogen and oxygen atoms in total. The van der Waals surface area contributed by atoms with Crippen molar-refractivity contribution in [2.75, 3.05) is 0 Å². The number of ether oxygens (including phenoxy) is 1. The SMILES string of the molecule is CCCC(NCc1ccc2c(c1)N=C(N)C(C)O2)NC(C)C.Cl.Cl.Cl. The molecule has 0 amide bonds. The number of rotatable bonds is 7. The molecule has 0 radical (unpaired) electrons. The number of nitrogens with two attached hydrogens (primary N) is 1. The molecule has 2 atom stereocenters. The van der Waals surface area contributed by atoms with Gasteiger partial charge in [0.1, 0.15) is 17.3 Å². The van der Waals surface area contributed by atoms with E-state index < -0.39 is 0 Å². The van der Waals surface area contributed by atoms with Crippen molar-refractivity contribution in [3.05, 3.63) is 23.8 Å². The lowest BCUT2D eigenvalue weighted by Gasteiger charge is -2.23. The summed E-state index contributed by atoms with van der Waals surface area (Å²) in [5.74, 6) is 1.33. The molecule has 146 valence electrons. The molecule has 0 aromatic heterocycles. The standard InChI is InChI=1S/C17H28N4O.3ClH/c1-5-6-16(20-11(2)3)19-10-13-7-8-15-14(9-13)21-17(18)12(4)22-15;;;/h7-9,11-12,16,19-20H,5-6,10H2,1-4H3,(H2,18,21);3*1H. The Bertz CT molecular complexity index is 541. The van der Waals surface area contributed by atoms with Crippen molar-refractivity contribution in [3.8, 4) is 5.75 Å². The highest BCUT2D eigenvalue weighted by Gasteiger charge is 2.18. The van der Waals surface area contributed by atoms with Gasteiger partial charge in [0.2, 0.25) is 0 Å². The summed E-state index contributed by atoms with van der Waals surface area (Å²) in [4.78, 5) is 4.43. The Morgan fingerprint density at radius 2 is 1.92 bits per heavy atom. The fourth-order valence-electron chi connectivity index (χ4n) is 2.52. The quantitative estimate of drug-likeness (QED) is 0.592. The molecule has 1 aromatic carbocycles. The zero-order chi connectivity index (χ0) is 16.1. The molecular formula is C17H31Cl3N4O. The van der Waals surface area contributed by atoms with E-state index in [1.807, 2.05) is 19.1 Å². The second-order valence-electron chi connectivity index (χ2n) is 6.14. The molecule has 1 aliphatic heterocycles. The van der Waals surface area contributed by atoms with Gasteiger partial charge in [0.05, 0.1) is 6.17 Å². The molecule has 0 spiro atoms. The van der Waals surface area contributed by atoms with Gasteiger partial charge in [-0.25, -0.2) is 4.99 Å². The van der Waals surface area contributed by atoms with E-state index in [4.69, 9.17) is 10.5 Å². The van der Waals surface area contributed by atoms with Crippen LogP contribution in [0.1, 0.15) is 46.1 Å². The number of fused-ring (bicyclic) bond motifs is 1. The molecule has 0 fully saturated rings. The summed E-state index contributed by atoms with van der Waals surface area (Å²) in [5.41, 5.74) is 7.86. The van der Waals surface area contributed by atoms with Gasteiger partial charge in [0, 0.05) is 12.6 Å². The third kappa shape index (κ3) is 8.01. The molecule has 1 aliphatic rings. The highest BCUT2D eigenvalue weighted by Crippen LogP contribution is 2.32. The van der Waals surface area contributed by atoms with Crippen LogP contribution in [0.25, 0.3) is 0 Å². The van der Waals surface area contributed by atoms with Crippen molar-refractivity contribution in [2.45, 2.75) is 65.4 Å². The predicted molar refractivity (Wildman–Crippen MR) is 113 cm³/mol. The predicted octanol–water partition coefficient (Wildman–Crippen LogP) is 3.94. The van der Waals surface area contributed by atoms with Crippen LogP contribution in [0.3, 0.4) is 0 Å². The summed E-state index contributed by atoms with van der Waals surface area (Å²) in [7, 11) is 0. The Kier molecular flexibility index (Phi) is 13.4. The maximum absolute atomic E-state index is 5.86. The number of benzene rings is 1. The molecular weight excluding hydrogens is 383 g/mol. The minimum atomic E-state index is -0.152. The number of hydrogen-bond acceptors (Lipinski definition) is 5. The molecule has 0 bridgehead atoms. The number of halogens is 3. The van der Waals surface area contributed by atoms with E-state index in [0.29, 0.717) is 18.0 Å². The third-order valence-corrected chi connectivity index (χ3v) is 3.66. The summed E-state index contributed by atoms with van der Waals surface area (Å²) < 4.78 is 5.73. The van der Waals surface area contributed by atoms with Crippen LogP contribution in [0.4, 0.5) is 5.69 Å². The van der Waals surface area contributed by atoms with E-state index >= 15 is 0 Å². The molecule has 8 heteroatoms. The summed E-state index contributed by atoms with van der Waals surface area (Å²) >= 11 is 0. The van der Waals surface area contributed by atoms with E-state index in [0.717, 1.165) is 30.8 Å². The Morgan fingerprint density at radius 3 is 2.52 bits per heavy atom. The van der Waals surface area contributed by atoms with E-state index in [1.165, 1.54) is 5.56 Å². The number of nitrogens with zero attached hydrogens (tertiary/aromatic N) is 1. The number of aliphatic imine (C=N–C) groups is 1. The fraction of sp³-hybridized carbons (Fsp3) is 0.588. The Balaban J connectivity index is 0. The molecule has 0 aliphatic carbocycles. The van der Waals surface area contributed by atoms with Crippen LogP contribution in [-0.2, 0) is 6.54 Å². The molecule has 25 heavy (non-hydrogen) atoms. The molecule has 1 aromatic rings. The lowest BCUT2D eigenvalue weighted by atomic mass is 10.1. The van der Waals surface area contributed by atoms with Crippen molar-refractivity contribution >= 4 is 48.7 Å². The van der Waals surface area contributed by atoms with Crippen molar-refractivity contribution < 1.29 is 4.74 Å². The smallest absolute Gasteiger partial charge is 0.153 e. The zero-order valence-corrected chi connectivity index (χ0v) is 17.7. The van der Waals surface area contributed by atoms with Gasteiger partial charge in [0.15, 0.2) is 6.10 Å². The lowest BCUT2D eigenvalue weighted by Crippen LogP contribution is -2.45. The first-order chi connectivity index (χ1) is 10.5. The first kappa shape index (κ1) is 26.5. The summed E-state index contributed by atoms with van der Waals surface area (Å²) in [6.07, 6.45) is 2.43. The van der Waals surface area contributed by atoms with Gasteiger partial charge in [0.25, 0.3) is 0 Å². The van der Waals surface area contributed by atoms with Crippen LogP contribution < -0.4 is 21.1 Å². The Labute approximate surface area is 169 Å². The van der Waals surface area contributed by atoms with Gasteiger partial charge in [-0.2, -0.15) is 0 Å². The zero-order valence-electron chi connectivity index (χ0n) is 15.2. The normalized spacial score (nSPS) is 16.4. The van der Waals surface area contributed by atoms with E-state index in [1.54, 1.807) is 0 Å². The number of hydrogen-bond donors (Lipinski definition) is 3. The Morgan fingerprint density at radius 1 is 1.24 bits per heavy atom. The first-order valence-corrected chi connectivity index (χ1v) is 8.12. The van der Waals surface area contributed by atoms with Crippen molar-refractivity contribution in [1.82, 2.24) is 10.6 Å². The van der Waals surface area contributed by atoms with Crippen LogP contribution in [0.2, 0.25) is 0 Å². The minimum absolute atomic E-state index is 0. The maximum Gasteiger partial charge on any atom is 0.153 e. The van der Waals surface area contributed by atoms with E-state index in [-0.39, 0.29) is 43.3 Å². The van der Waals surface area contributed by atoms with Crippen molar-refractivity contribution in [3.63, 3.8) is 0 Å². The van der Waals surface area contributed by atoms with E-state index in [9.17, 15) is 0 Å². The highest BCUT2D eigenvalue weighted by atomic mass is 35.5. The summed E-state index contributed by atoms with van der Waals surface area (Å²) in [5, 5.41) is 7.11. The molecule has 2 unspecified atom stereocenters. The van der Waals surface area contributed by atoms with Crippen LogP contribution in [0, 0.1) is 0 Å². The van der Waals surface area contributed by atoms with Crippen molar-refractivity contribution in [2.24, 2.45) is 10.7 Å². The Hall–Kier alpha value is -0.720. The van der Waals surface area contributed by atoms with Crippen LogP contribution in [0.5, 0.6) is 5.75 Å². The first-order valence-electron chi connectivity index (χ1n) is 8.12. The largest absolute Gasteiger partial charge is 0.481 e. The monoisotopic (exact) mass is 412 g/mol. The fourth-order valence-corrected chi connectivity index (χ4v) is 2.52. The van der Waals surface area contributed by atoms with Crippen LogP contribution in [-0.4, -0.2) is 24.1 Å². The van der Waals surface area contributed by atoms with Gasteiger partial charge in [-0.15, -0.1) is 37.2 Å².